The molecule has 0 spiro atoms. The summed E-state index contributed by atoms with van der Waals surface area (Å²) in [6.07, 6.45) is 0. The summed E-state index contributed by atoms with van der Waals surface area (Å²) in [7, 11) is 0. The SMILES string of the molecule is CCNCc1nnc(Oc2ccccc2OCC)s1. The molecule has 0 fully saturated rings. The molecular formula is C13H17N3O2S. The number of para-hydroxylation sites is 2. The topological polar surface area (TPSA) is 56.3 Å². The Hall–Kier alpha value is -1.66. The van der Waals surface area contributed by atoms with Crippen molar-refractivity contribution in [2.24, 2.45) is 0 Å². The molecule has 2 aromatic rings. The molecule has 0 amide bonds. The van der Waals surface area contributed by atoms with Crippen LogP contribution in [0.5, 0.6) is 16.7 Å². The fraction of sp³-hybridized carbons (Fsp3) is 0.385. The van der Waals surface area contributed by atoms with Crippen LogP contribution in [0.3, 0.4) is 0 Å². The Bertz CT molecular complexity index is 516. The van der Waals surface area contributed by atoms with Gasteiger partial charge in [-0.15, -0.1) is 5.10 Å². The average Bonchev–Trinajstić information content (AvgIpc) is 2.87. The fourth-order valence-corrected chi connectivity index (χ4v) is 2.16. The van der Waals surface area contributed by atoms with E-state index in [0.717, 1.165) is 11.6 Å². The summed E-state index contributed by atoms with van der Waals surface area (Å²) in [5.74, 6) is 1.38. The molecule has 6 heteroatoms. The molecule has 0 aliphatic heterocycles. The van der Waals surface area contributed by atoms with Gasteiger partial charge in [0.25, 0.3) is 5.19 Å². The lowest BCUT2D eigenvalue weighted by atomic mass is 10.3. The van der Waals surface area contributed by atoms with Crippen molar-refractivity contribution in [3.05, 3.63) is 29.3 Å². The first-order valence-corrected chi connectivity index (χ1v) is 7.08. The third-order valence-corrected chi connectivity index (χ3v) is 3.12. The van der Waals surface area contributed by atoms with Gasteiger partial charge in [-0.3, -0.25) is 0 Å². The van der Waals surface area contributed by atoms with Crippen molar-refractivity contribution in [3.63, 3.8) is 0 Å². The molecule has 0 bridgehead atoms. The number of benzene rings is 1. The molecule has 0 unspecified atom stereocenters. The molecule has 19 heavy (non-hydrogen) atoms. The highest BCUT2D eigenvalue weighted by atomic mass is 32.1. The van der Waals surface area contributed by atoms with Crippen molar-refractivity contribution in [2.75, 3.05) is 13.2 Å². The van der Waals surface area contributed by atoms with Crippen LogP contribution < -0.4 is 14.8 Å². The molecule has 1 heterocycles. The van der Waals surface area contributed by atoms with Crippen molar-refractivity contribution in [1.82, 2.24) is 15.5 Å². The van der Waals surface area contributed by atoms with Crippen molar-refractivity contribution >= 4 is 11.3 Å². The molecule has 0 aliphatic rings. The van der Waals surface area contributed by atoms with Crippen LogP contribution in [0.2, 0.25) is 0 Å². The third-order valence-electron chi connectivity index (χ3n) is 2.32. The number of nitrogens with zero attached hydrogens (tertiary/aromatic N) is 2. The lowest BCUT2D eigenvalue weighted by Gasteiger charge is -2.08. The largest absolute Gasteiger partial charge is 0.490 e. The summed E-state index contributed by atoms with van der Waals surface area (Å²) in [6, 6.07) is 7.54. The fourth-order valence-electron chi connectivity index (χ4n) is 1.49. The molecule has 1 N–H and O–H groups in total. The Morgan fingerprint density at radius 2 is 1.95 bits per heavy atom. The molecular weight excluding hydrogens is 262 g/mol. The van der Waals surface area contributed by atoms with Gasteiger partial charge in [-0.05, 0) is 25.6 Å². The number of hydrogen-bond donors (Lipinski definition) is 1. The molecule has 0 radical (unpaired) electrons. The molecule has 1 aromatic heterocycles. The number of rotatable bonds is 7. The summed E-state index contributed by atoms with van der Waals surface area (Å²) < 4.78 is 11.2. The minimum absolute atomic E-state index is 0.528. The summed E-state index contributed by atoms with van der Waals surface area (Å²) >= 11 is 1.43. The van der Waals surface area contributed by atoms with Gasteiger partial charge in [0.15, 0.2) is 11.5 Å². The second kappa shape index (κ2) is 7.06. The maximum Gasteiger partial charge on any atom is 0.299 e. The van der Waals surface area contributed by atoms with Gasteiger partial charge in [-0.2, -0.15) is 0 Å². The predicted molar refractivity (Wildman–Crippen MR) is 75.0 cm³/mol. The van der Waals surface area contributed by atoms with Crippen molar-refractivity contribution in [1.29, 1.82) is 0 Å². The maximum absolute atomic E-state index is 5.71. The van der Waals surface area contributed by atoms with E-state index in [-0.39, 0.29) is 0 Å². The molecule has 0 atom stereocenters. The van der Waals surface area contributed by atoms with Crippen molar-refractivity contribution < 1.29 is 9.47 Å². The normalized spacial score (nSPS) is 10.4. The van der Waals surface area contributed by atoms with Gasteiger partial charge in [0.2, 0.25) is 0 Å². The van der Waals surface area contributed by atoms with E-state index in [4.69, 9.17) is 9.47 Å². The molecule has 2 rings (SSSR count). The minimum atomic E-state index is 0.528. The van der Waals surface area contributed by atoms with E-state index >= 15 is 0 Å². The predicted octanol–water partition coefficient (Wildman–Crippen LogP) is 2.84. The monoisotopic (exact) mass is 279 g/mol. The number of ether oxygens (including phenoxy) is 2. The van der Waals surface area contributed by atoms with Gasteiger partial charge in [0.05, 0.1) is 6.61 Å². The summed E-state index contributed by atoms with van der Waals surface area (Å²) in [5.41, 5.74) is 0. The molecule has 5 nitrogen and oxygen atoms in total. The Morgan fingerprint density at radius 1 is 1.16 bits per heavy atom. The van der Waals surface area contributed by atoms with E-state index in [2.05, 4.69) is 22.4 Å². The third kappa shape index (κ3) is 3.90. The Labute approximate surface area is 116 Å². The van der Waals surface area contributed by atoms with E-state index in [1.54, 1.807) is 0 Å². The number of aromatic nitrogens is 2. The maximum atomic E-state index is 5.71. The lowest BCUT2D eigenvalue weighted by molar-refractivity contribution is 0.320. The van der Waals surface area contributed by atoms with E-state index in [1.165, 1.54) is 11.3 Å². The first-order chi connectivity index (χ1) is 9.33. The zero-order valence-corrected chi connectivity index (χ0v) is 11.9. The zero-order chi connectivity index (χ0) is 13.5. The minimum Gasteiger partial charge on any atom is -0.490 e. The lowest BCUT2D eigenvalue weighted by Crippen LogP contribution is -2.11. The Balaban J connectivity index is 2.06. The number of nitrogens with one attached hydrogen (secondary N) is 1. The molecule has 102 valence electrons. The molecule has 0 saturated heterocycles. The first-order valence-electron chi connectivity index (χ1n) is 6.26. The van der Waals surface area contributed by atoms with E-state index in [0.29, 0.717) is 29.8 Å². The van der Waals surface area contributed by atoms with Gasteiger partial charge >= 0.3 is 0 Å². The molecule has 1 aromatic carbocycles. The van der Waals surface area contributed by atoms with Crippen molar-refractivity contribution in [3.8, 4) is 16.7 Å². The smallest absolute Gasteiger partial charge is 0.299 e. The van der Waals surface area contributed by atoms with Crippen LogP contribution in [0.4, 0.5) is 0 Å². The second-order valence-corrected chi connectivity index (χ2v) is 4.75. The summed E-state index contributed by atoms with van der Waals surface area (Å²) in [4.78, 5) is 0. The summed E-state index contributed by atoms with van der Waals surface area (Å²) in [6.45, 7) is 6.21. The molecule has 0 aliphatic carbocycles. The molecule has 0 saturated carbocycles. The van der Waals surface area contributed by atoms with Crippen LogP contribution in [-0.4, -0.2) is 23.3 Å². The van der Waals surface area contributed by atoms with E-state index in [1.807, 2.05) is 31.2 Å². The van der Waals surface area contributed by atoms with E-state index < -0.39 is 0 Å². The van der Waals surface area contributed by atoms with Crippen LogP contribution in [-0.2, 0) is 6.54 Å². The second-order valence-electron chi connectivity index (χ2n) is 3.72. The highest BCUT2D eigenvalue weighted by molar-refractivity contribution is 7.13. The van der Waals surface area contributed by atoms with Crippen LogP contribution in [0.1, 0.15) is 18.9 Å². The van der Waals surface area contributed by atoms with E-state index in [9.17, 15) is 0 Å². The van der Waals surface area contributed by atoms with Crippen LogP contribution >= 0.6 is 11.3 Å². The van der Waals surface area contributed by atoms with Crippen LogP contribution in [0, 0.1) is 0 Å². The highest BCUT2D eigenvalue weighted by Crippen LogP contribution is 2.32. The standard InChI is InChI=1S/C13H17N3O2S/c1-3-14-9-12-15-16-13(19-12)18-11-8-6-5-7-10(11)17-4-2/h5-8,14H,3-4,9H2,1-2H3. The quantitative estimate of drug-likeness (QED) is 0.844. The zero-order valence-electron chi connectivity index (χ0n) is 11.0. The highest BCUT2D eigenvalue weighted by Gasteiger charge is 2.09. The number of hydrogen-bond acceptors (Lipinski definition) is 6. The van der Waals surface area contributed by atoms with Crippen LogP contribution in [0.15, 0.2) is 24.3 Å². The van der Waals surface area contributed by atoms with Gasteiger partial charge in [-0.1, -0.05) is 35.5 Å². The summed E-state index contributed by atoms with van der Waals surface area (Å²) in [5, 5.41) is 12.7. The first kappa shape index (κ1) is 13.8. The van der Waals surface area contributed by atoms with Gasteiger partial charge in [-0.25, -0.2) is 0 Å². The Morgan fingerprint density at radius 3 is 2.68 bits per heavy atom. The average molecular weight is 279 g/mol. The van der Waals surface area contributed by atoms with Crippen molar-refractivity contribution in [2.45, 2.75) is 20.4 Å². The Kier molecular flexibility index (Phi) is 5.11. The van der Waals surface area contributed by atoms with Gasteiger partial charge in [0.1, 0.15) is 5.01 Å². The van der Waals surface area contributed by atoms with Gasteiger partial charge in [0, 0.05) is 6.54 Å². The van der Waals surface area contributed by atoms with Crippen LogP contribution in [0.25, 0.3) is 0 Å². The van der Waals surface area contributed by atoms with Gasteiger partial charge < -0.3 is 14.8 Å².